The fraction of sp³-hybridized carbons (Fsp3) is 0.818. The van der Waals surface area contributed by atoms with Gasteiger partial charge in [-0.3, -0.25) is 4.79 Å². The van der Waals surface area contributed by atoms with Gasteiger partial charge in [0.1, 0.15) is 0 Å². The Bertz CT molecular complexity index is 300. The van der Waals surface area contributed by atoms with Crippen molar-refractivity contribution in [3.05, 3.63) is 0 Å². The average Bonchev–Trinajstić information content (AvgIpc) is 3.07. The average molecular weight is 262 g/mol. The summed E-state index contributed by atoms with van der Waals surface area (Å²) in [5.74, 6) is -0.653. The highest BCUT2D eigenvalue weighted by atomic mass is 16.6. The van der Waals surface area contributed by atoms with Crippen LogP contribution in [0.25, 0.3) is 0 Å². The zero-order valence-electron chi connectivity index (χ0n) is 11.5. The van der Waals surface area contributed by atoms with Gasteiger partial charge in [0.25, 0.3) is 5.91 Å². The lowest BCUT2D eigenvalue weighted by Gasteiger charge is -2.19. The Kier molecular flexibility index (Phi) is 6.23. The molecule has 1 heterocycles. The molecule has 0 aromatic heterocycles. The van der Waals surface area contributed by atoms with Crippen LogP contribution in [0.3, 0.4) is 0 Å². The van der Waals surface area contributed by atoms with Gasteiger partial charge in [-0.15, -0.1) is 0 Å². The summed E-state index contributed by atoms with van der Waals surface area (Å²) in [6.45, 7) is 3.92. The van der Waals surface area contributed by atoms with E-state index in [9.17, 15) is 14.7 Å². The second kappa shape index (κ2) is 6.67. The molecule has 1 fully saturated rings. The normalized spacial score (nSPS) is 24.1. The molecule has 0 saturated carbocycles. The monoisotopic (exact) mass is 262 g/mol. The smallest absolute Gasteiger partial charge is 0.340 e. The van der Waals surface area contributed by atoms with Crippen molar-refractivity contribution in [3.8, 4) is 0 Å². The summed E-state index contributed by atoms with van der Waals surface area (Å²) in [5, 5.41) is 14.4. The second-order valence-corrected chi connectivity index (χ2v) is 4.39. The Labute approximate surface area is 107 Å². The number of rotatable bonds is 4. The lowest BCUT2D eigenvalue weighted by molar-refractivity contribution is -0.146. The zero-order valence-corrected chi connectivity index (χ0v) is 11.5. The molecule has 0 aromatic carbocycles. The Hall–Kier alpha value is -1.18. The van der Waals surface area contributed by atoms with Gasteiger partial charge in [-0.05, 0) is 20.9 Å². The predicted octanol–water partition coefficient (Wildman–Crippen LogP) is -1.35. The van der Waals surface area contributed by atoms with Gasteiger partial charge in [-0.1, -0.05) is 0 Å². The minimum Gasteiger partial charge on any atom is -0.467 e. The van der Waals surface area contributed by atoms with Crippen LogP contribution in [0.4, 0.5) is 0 Å². The molecule has 7 heteroatoms. The van der Waals surface area contributed by atoms with Crippen molar-refractivity contribution in [3.63, 3.8) is 0 Å². The van der Waals surface area contributed by atoms with E-state index >= 15 is 0 Å². The summed E-state index contributed by atoms with van der Waals surface area (Å²) in [6.07, 6.45) is 0. The minimum absolute atomic E-state index is 0.257. The fourth-order valence-corrected chi connectivity index (χ4v) is 1.14. The maximum Gasteiger partial charge on any atom is 0.340 e. The van der Waals surface area contributed by atoms with Crippen LogP contribution in [-0.2, 0) is 19.1 Å². The topological polar surface area (TPSA) is 100 Å². The van der Waals surface area contributed by atoms with Gasteiger partial charge < -0.3 is 25.2 Å². The highest BCUT2D eigenvalue weighted by Gasteiger charge is 2.48. The molecule has 2 unspecified atom stereocenters. The van der Waals surface area contributed by atoms with Gasteiger partial charge in [0, 0.05) is 13.6 Å². The molecule has 1 saturated heterocycles. The molecule has 1 aliphatic heterocycles. The van der Waals surface area contributed by atoms with Crippen LogP contribution in [0.15, 0.2) is 0 Å². The van der Waals surface area contributed by atoms with Crippen LogP contribution in [0, 0.1) is 0 Å². The van der Waals surface area contributed by atoms with Crippen molar-refractivity contribution < 1.29 is 24.2 Å². The van der Waals surface area contributed by atoms with Crippen molar-refractivity contribution >= 4 is 11.9 Å². The van der Waals surface area contributed by atoms with E-state index in [0.717, 1.165) is 0 Å². The van der Waals surface area contributed by atoms with Crippen LogP contribution in [0.2, 0.25) is 0 Å². The third-order valence-electron chi connectivity index (χ3n) is 2.43. The number of methoxy groups -OCH3 is 1. The largest absolute Gasteiger partial charge is 0.467 e. The Morgan fingerprint density at radius 1 is 1.50 bits per heavy atom. The van der Waals surface area contributed by atoms with Gasteiger partial charge in [0.2, 0.25) is 0 Å². The first-order valence-corrected chi connectivity index (χ1v) is 5.55. The standard InChI is InChI=1S/C6H14N2O2.C5H8O3/c1-6(10,4-7-2)5(9)8-3;1-5(3-8-5)4(6)7-2/h7,10H,4H2,1-3H3,(H,8,9);3H2,1-2H3. The first-order valence-electron chi connectivity index (χ1n) is 5.55. The summed E-state index contributed by atoms with van der Waals surface area (Å²) in [4.78, 5) is 21.4. The number of esters is 1. The summed E-state index contributed by atoms with van der Waals surface area (Å²) in [7, 11) is 4.53. The van der Waals surface area contributed by atoms with E-state index < -0.39 is 11.2 Å². The number of hydrogen-bond donors (Lipinski definition) is 3. The van der Waals surface area contributed by atoms with E-state index in [1.807, 2.05) is 0 Å². The SMILES string of the molecule is CNCC(C)(O)C(=O)NC.COC(=O)C1(C)CO1. The Morgan fingerprint density at radius 3 is 2.22 bits per heavy atom. The van der Waals surface area contributed by atoms with E-state index in [1.54, 1.807) is 14.0 Å². The molecule has 7 nitrogen and oxygen atoms in total. The summed E-state index contributed by atoms with van der Waals surface area (Å²) < 4.78 is 9.19. The number of hydrogen-bond acceptors (Lipinski definition) is 6. The van der Waals surface area contributed by atoms with Crippen LogP contribution in [0.5, 0.6) is 0 Å². The Balaban J connectivity index is 0.000000327. The van der Waals surface area contributed by atoms with E-state index in [4.69, 9.17) is 4.74 Å². The summed E-state index contributed by atoms with van der Waals surface area (Å²) in [5.41, 5.74) is -1.90. The molecule has 18 heavy (non-hydrogen) atoms. The van der Waals surface area contributed by atoms with E-state index in [0.29, 0.717) is 6.61 Å². The van der Waals surface area contributed by atoms with Gasteiger partial charge in [0.05, 0.1) is 13.7 Å². The minimum atomic E-state index is -1.30. The first-order chi connectivity index (χ1) is 8.23. The fourth-order valence-electron chi connectivity index (χ4n) is 1.14. The van der Waals surface area contributed by atoms with E-state index in [2.05, 4.69) is 15.4 Å². The van der Waals surface area contributed by atoms with Crippen molar-refractivity contribution in [1.82, 2.24) is 10.6 Å². The molecule has 3 N–H and O–H groups in total. The van der Waals surface area contributed by atoms with Crippen LogP contribution >= 0.6 is 0 Å². The highest BCUT2D eigenvalue weighted by molar-refractivity contribution is 5.84. The van der Waals surface area contributed by atoms with Crippen LogP contribution in [-0.4, -0.2) is 62.5 Å². The van der Waals surface area contributed by atoms with Crippen molar-refractivity contribution in [2.45, 2.75) is 25.0 Å². The summed E-state index contributed by atoms with van der Waals surface area (Å²) >= 11 is 0. The Morgan fingerprint density at radius 2 is 2.00 bits per heavy atom. The molecule has 0 bridgehead atoms. The zero-order chi connectivity index (χ0) is 14.4. The molecule has 1 rings (SSSR count). The molecular formula is C11H22N2O5. The van der Waals surface area contributed by atoms with Crippen molar-refractivity contribution in [1.29, 1.82) is 0 Å². The maximum absolute atomic E-state index is 10.8. The molecule has 0 aliphatic carbocycles. The maximum atomic E-state index is 10.8. The number of epoxide rings is 1. The number of aliphatic hydroxyl groups is 1. The number of nitrogens with one attached hydrogen (secondary N) is 2. The summed E-state index contributed by atoms with van der Waals surface area (Å²) in [6, 6.07) is 0. The first kappa shape index (κ1) is 16.8. The molecule has 0 radical (unpaired) electrons. The third kappa shape index (κ3) is 4.99. The van der Waals surface area contributed by atoms with Gasteiger partial charge >= 0.3 is 5.97 Å². The molecule has 0 spiro atoms. The highest BCUT2D eigenvalue weighted by Crippen LogP contribution is 2.26. The molecule has 0 aromatic rings. The van der Waals surface area contributed by atoms with Crippen molar-refractivity contribution in [2.24, 2.45) is 0 Å². The van der Waals surface area contributed by atoms with Crippen LogP contribution in [0.1, 0.15) is 13.8 Å². The number of amides is 1. The molecule has 1 amide bonds. The quantitative estimate of drug-likeness (QED) is 0.428. The molecule has 106 valence electrons. The number of likely N-dealkylation sites (N-methyl/N-ethyl adjacent to an activating group) is 2. The third-order valence-corrected chi connectivity index (χ3v) is 2.43. The lowest BCUT2D eigenvalue weighted by Crippen LogP contribution is -2.49. The van der Waals surface area contributed by atoms with Gasteiger partial charge in [-0.25, -0.2) is 4.79 Å². The molecule has 2 atom stereocenters. The number of ether oxygens (including phenoxy) is 2. The van der Waals surface area contributed by atoms with Gasteiger partial charge in [0.15, 0.2) is 11.2 Å². The second-order valence-electron chi connectivity index (χ2n) is 4.39. The van der Waals surface area contributed by atoms with E-state index in [1.165, 1.54) is 21.1 Å². The molecular weight excluding hydrogens is 240 g/mol. The van der Waals surface area contributed by atoms with E-state index in [-0.39, 0.29) is 18.4 Å². The lowest BCUT2D eigenvalue weighted by atomic mass is 10.1. The molecule has 1 aliphatic rings. The van der Waals surface area contributed by atoms with Crippen LogP contribution < -0.4 is 10.6 Å². The van der Waals surface area contributed by atoms with Crippen molar-refractivity contribution in [2.75, 3.05) is 34.4 Å². The number of carbonyl (C=O) groups excluding carboxylic acids is 2. The predicted molar refractivity (Wildman–Crippen MR) is 65.0 cm³/mol. The van der Waals surface area contributed by atoms with Gasteiger partial charge in [-0.2, -0.15) is 0 Å². The number of carbonyl (C=O) groups is 2.